The molecule has 6 heteroatoms. The molecule has 0 heterocycles. The molecule has 0 saturated heterocycles. The molecule has 0 aliphatic carbocycles. The fraction of sp³-hybridized carbons (Fsp3) is 0.364. The standard InChI is InChI=1S/C22H26F2N2O2/c1-14-11-15(2)13-17(12-14)20(28)26(21(3,4)5)25-19(27)16-7-9-18(10-8-16)22(6,23)24/h7-13H,1-6H3,(H,25,27). The van der Waals surface area contributed by atoms with E-state index in [2.05, 4.69) is 5.43 Å². The molecule has 150 valence electrons. The van der Waals surface area contributed by atoms with E-state index in [4.69, 9.17) is 0 Å². The van der Waals surface area contributed by atoms with E-state index in [9.17, 15) is 18.4 Å². The van der Waals surface area contributed by atoms with Crippen molar-refractivity contribution in [1.29, 1.82) is 0 Å². The highest BCUT2D eigenvalue weighted by Crippen LogP contribution is 2.27. The van der Waals surface area contributed by atoms with Gasteiger partial charge < -0.3 is 0 Å². The number of halogens is 2. The van der Waals surface area contributed by atoms with Gasteiger partial charge in [0.1, 0.15) is 0 Å². The molecular formula is C22H26F2N2O2. The summed E-state index contributed by atoms with van der Waals surface area (Å²) in [7, 11) is 0. The third kappa shape index (κ3) is 5.15. The minimum Gasteiger partial charge on any atom is -0.267 e. The lowest BCUT2D eigenvalue weighted by molar-refractivity contribution is 0.0174. The number of carbonyl (C=O) groups excluding carboxylic acids is 2. The molecule has 0 saturated carbocycles. The van der Waals surface area contributed by atoms with E-state index in [0.29, 0.717) is 5.56 Å². The third-order valence-electron chi connectivity index (χ3n) is 4.21. The SMILES string of the molecule is Cc1cc(C)cc(C(=O)N(NC(=O)c2ccc(C(C)(F)F)cc2)C(C)(C)C)c1. The fourth-order valence-corrected chi connectivity index (χ4v) is 2.83. The van der Waals surface area contributed by atoms with Gasteiger partial charge in [-0.15, -0.1) is 0 Å². The normalized spacial score (nSPS) is 11.9. The van der Waals surface area contributed by atoms with Gasteiger partial charge in [0.25, 0.3) is 17.7 Å². The molecule has 0 radical (unpaired) electrons. The van der Waals surface area contributed by atoms with Gasteiger partial charge in [-0.25, -0.2) is 13.8 Å². The number of carbonyl (C=O) groups is 2. The number of nitrogens with one attached hydrogen (secondary N) is 1. The lowest BCUT2D eigenvalue weighted by Crippen LogP contribution is -2.55. The quantitative estimate of drug-likeness (QED) is 0.752. The Morgan fingerprint density at radius 1 is 0.857 bits per heavy atom. The van der Waals surface area contributed by atoms with Crippen LogP contribution in [0.4, 0.5) is 8.78 Å². The highest BCUT2D eigenvalue weighted by Gasteiger charge is 2.30. The van der Waals surface area contributed by atoms with E-state index in [0.717, 1.165) is 18.1 Å². The van der Waals surface area contributed by atoms with Crippen molar-refractivity contribution in [3.63, 3.8) is 0 Å². The molecule has 4 nitrogen and oxygen atoms in total. The maximum absolute atomic E-state index is 13.4. The van der Waals surface area contributed by atoms with Crippen LogP contribution in [0.25, 0.3) is 0 Å². The van der Waals surface area contributed by atoms with Crippen molar-refractivity contribution < 1.29 is 18.4 Å². The van der Waals surface area contributed by atoms with Crippen LogP contribution in [0.5, 0.6) is 0 Å². The van der Waals surface area contributed by atoms with Gasteiger partial charge >= 0.3 is 0 Å². The Labute approximate surface area is 164 Å². The fourth-order valence-electron chi connectivity index (χ4n) is 2.83. The average Bonchev–Trinajstić information content (AvgIpc) is 2.56. The molecule has 2 aromatic carbocycles. The second-order valence-electron chi connectivity index (χ2n) is 8.09. The summed E-state index contributed by atoms with van der Waals surface area (Å²) in [6, 6.07) is 10.6. The highest BCUT2D eigenvalue weighted by atomic mass is 19.3. The first-order valence-electron chi connectivity index (χ1n) is 9.01. The van der Waals surface area contributed by atoms with Gasteiger partial charge in [-0.1, -0.05) is 29.3 Å². The number of amides is 2. The Kier molecular flexibility index (Phi) is 5.92. The molecule has 2 rings (SSSR count). The number of hydrazine groups is 1. The van der Waals surface area contributed by atoms with Crippen molar-refractivity contribution >= 4 is 11.8 Å². The molecule has 28 heavy (non-hydrogen) atoms. The van der Waals surface area contributed by atoms with Crippen LogP contribution >= 0.6 is 0 Å². The van der Waals surface area contributed by atoms with E-state index >= 15 is 0 Å². The van der Waals surface area contributed by atoms with E-state index < -0.39 is 17.4 Å². The van der Waals surface area contributed by atoms with Crippen molar-refractivity contribution in [2.75, 3.05) is 0 Å². The largest absolute Gasteiger partial charge is 0.272 e. The second-order valence-corrected chi connectivity index (χ2v) is 8.09. The van der Waals surface area contributed by atoms with Crippen LogP contribution < -0.4 is 5.43 Å². The lowest BCUT2D eigenvalue weighted by Gasteiger charge is -2.35. The van der Waals surface area contributed by atoms with E-state index in [-0.39, 0.29) is 17.0 Å². The first-order chi connectivity index (χ1) is 12.8. The monoisotopic (exact) mass is 388 g/mol. The summed E-state index contributed by atoms with van der Waals surface area (Å²) >= 11 is 0. The van der Waals surface area contributed by atoms with E-state index in [1.807, 2.05) is 19.9 Å². The number of alkyl halides is 2. The van der Waals surface area contributed by atoms with Gasteiger partial charge in [0, 0.05) is 23.6 Å². The van der Waals surface area contributed by atoms with Crippen LogP contribution in [-0.2, 0) is 5.92 Å². The number of benzene rings is 2. The minimum absolute atomic E-state index is 0.178. The van der Waals surface area contributed by atoms with Gasteiger partial charge in [0.15, 0.2) is 0 Å². The number of rotatable bonds is 3. The molecule has 0 bridgehead atoms. The van der Waals surface area contributed by atoms with Crippen LogP contribution in [-0.4, -0.2) is 22.4 Å². The minimum atomic E-state index is -2.98. The molecule has 0 aliphatic heterocycles. The van der Waals surface area contributed by atoms with Crippen molar-refractivity contribution in [3.8, 4) is 0 Å². The van der Waals surface area contributed by atoms with Crippen molar-refractivity contribution in [3.05, 3.63) is 70.3 Å². The number of aryl methyl sites for hydroxylation is 2. The summed E-state index contributed by atoms with van der Waals surface area (Å²) < 4.78 is 26.7. The van der Waals surface area contributed by atoms with Crippen LogP contribution in [0.15, 0.2) is 42.5 Å². The molecule has 0 aliphatic rings. The third-order valence-corrected chi connectivity index (χ3v) is 4.21. The maximum atomic E-state index is 13.4. The number of hydrogen-bond donors (Lipinski definition) is 1. The number of hydrogen-bond acceptors (Lipinski definition) is 2. The van der Waals surface area contributed by atoms with Gasteiger partial charge in [-0.3, -0.25) is 15.0 Å². The molecule has 0 unspecified atom stereocenters. The summed E-state index contributed by atoms with van der Waals surface area (Å²) in [6.07, 6.45) is 0. The van der Waals surface area contributed by atoms with Gasteiger partial charge in [0.05, 0.1) is 5.54 Å². The Hall–Kier alpha value is -2.76. The van der Waals surface area contributed by atoms with Gasteiger partial charge in [-0.05, 0) is 58.9 Å². The zero-order valence-corrected chi connectivity index (χ0v) is 17.1. The van der Waals surface area contributed by atoms with E-state index in [1.165, 1.54) is 29.3 Å². The maximum Gasteiger partial charge on any atom is 0.272 e. The first kappa shape index (κ1) is 21.5. The molecule has 2 aromatic rings. The summed E-state index contributed by atoms with van der Waals surface area (Å²) in [5, 5.41) is 1.27. The Bertz CT molecular complexity index is 859. The predicted molar refractivity (Wildman–Crippen MR) is 105 cm³/mol. The molecule has 1 N–H and O–H groups in total. The molecule has 2 amide bonds. The van der Waals surface area contributed by atoms with Crippen LogP contribution in [0.2, 0.25) is 0 Å². The summed E-state index contributed by atoms with van der Waals surface area (Å²) in [5.74, 6) is -3.87. The summed E-state index contributed by atoms with van der Waals surface area (Å²) in [4.78, 5) is 25.7. The molecule has 0 atom stereocenters. The summed E-state index contributed by atoms with van der Waals surface area (Å²) in [6.45, 7) is 9.99. The smallest absolute Gasteiger partial charge is 0.267 e. The zero-order valence-electron chi connectivity index (χ0n) is 17.1. The molecular weight excluding hydrogens is 362 g/mol. The zero-order chi connectivity index (χ0) is 21.3. The predicted octanol–water partition coefficient (Wildman–Crippen LogP) is 5.00. The van der Waals surface area contributed by atoms with Crippen LogP contribution in [0.1, 0.15) is 65.1 Å². The first-order valence-corrected chi connectivity index (χ1v) is 9.01. The molecule has 0 spiro atoms. The number of nitrogens with zero attached hydrogens (tertiary/aromatic N) is 1. The topological polar surface area (TPSA) is 49.4 Å². The van der Waals surface area contributed by atoms with Crippen molar-refractivity contribution in [2.45, 2.75) is 53.0 Å². The second kappa shape index (κ2) is 7.70. The van der Waals surface area contributed by atoms with Crippen molar-refractivity contribution in [1.82, 2.24) is 10.4 Å². The summed E-state index contributed by atoms with van der Waals surface area (Å²) in [5.41, 5.74) is 4.30. The van der Waals surface area contributed by atoms with E-state index in [1.54, 1.807) is 32.9 Å². The molecule has 0 fully saturated rings. The Morgan fingerprint density at radius 3 is 1.79 bits per heavy atom. The van der Waals surface area contributed by atoms with Crippen molar-refractivity contribution in [2.24, 2.45) is 0 Å². The highest BCUT2D eigenvalue weighted by molar-refractivity contribution is 5.99. The van der Waals surface area contributed by atoms with Crippen LogP contribution in [0.3, 0.4) is 0 Å². The average molecular weight is 388 g/mol. The lowest BCUT2D eigenvalue weighted by atomic mass is 10.0. The Morgan fingerprint density at radius 2 is 1.36 bits per heavy atom. The Balaban J connectivity index is 2.29. The molecule has 0 aromatic heterocycles. The van der Waals surface area contributed by atoms with Crippen LogP contribution in [0, 0.1) is 13.8 Å². The van der Waals surface area contributed by atoms with Gasteiger partial charge in [0.2, 0.25) is 0 Å². The van der Waals surface area contributed by atoms with Gasteiger partial charge in [-0.2, -0.15) is 0 Å².